The molecule has 0 bridgehead atoms. The third-order valence-electron chi connectivity index (χ3n) is 5.68. The van der Waals surface area contributed by atoms with Crippen LogP contribution in [0.25, 0.3) is 0 Å². The first-order valence-electron chi connectivity index (χ1n) is 10.8. The number of benzene rings is 2. The zero-order chi connectivity index (χ0) is 23.4. The van der Waals surface area contributed by atoms with Crippen LogP contribution in [0.3, 0.4) is 0 Å². The lowest BCUT2D eigenvalue weighted by Crippen LogP contribution is -2.45. The highest BCUT2D eigenvalue weighted by Crippen LogP contribution is 2.37. The Bertz CT molecular complexity index is 1200. The summed E-state index contributed by atoms with van der Waals surface area (Å²) in [7, 11) is -3.52. The van der Waals surface area contributed by atoms with Crippen molar-refractivity contribution >= 4 is 51.0 Å². The number of aromatic nitrogens is 1. The van der Waals surface area contributed by atoms with Gasteiger partial charge >= 0.3 is 0 Å². The van der Waals surface area contributed by atoms with E-state index in [4.69, 9.17) is 23.2 Å². The minimum absolute atomic E-state index is 0.0751. The maximum Gasteiger partial charge on any atom is 0.243 e. The van der Waals surface area contributed by atoms with Gasteiger partial charge in [-0.05, 0) is 73.2 Å². The Morgan fingerprint density at radius 1 is 1.00 bits per heavy atom. The van der Waals surface area contributed by atoms with E-state index >= 15 is 0 Å². The second-order valence-corrected chi connectivity index (χ2v) is 11.5. The second-order valence-electron chi connectivity index (χ2n) is 7.80. The number of nitrogens with zero attached hydrogens (tertiary/aromatic N) is 3. The molecular weight excluding hydrogens is 497 g/mol. The highest BCUT2D eigenvalue weighted by molar-refractivity contribution is 8.00. The van der Waals surface area contributed by atoms with E-state index in [-0.39, 0.29) is 6.04 Å². The zero-order valence-electron chi connectivity index (χ0n) is 18.2. The average Bonchev–Trinajstić information content (AvgIpc) is 2.83. The second kappa shape index (κ2) is 10.7. The maximum atomic E-state index is 13.2. The normalized spacial score (nSPS) is 15.5. The lowest BCUT2D eigenvalue weighted by atomic mass is 10.1. The lowest BCUT2D eigenvalue weighted by molar-refractivity contribution is 0.322. The molecule has 1 aromatic heterocycles. The number of anilines is 1. The van der Waals surface area contributed by atoms with E-state index in [0.717, 1.165) is 22.7 Å². The molecule has 0 spiro atoms. The Labute approximate surface area is 209 Å². The Balaban J connectivity index is 1.53. The molecule has 3 aromatic rings. The predicted molar refractivity (Wildman–Crippen MR) is 137 cm³/mol. The first kappa shape index (κ1) is 24.4. The molecule has 33 heavy (non-hydrogen) atoms. The number of pyridine rings is 1. The molecule has 0 aliphatic carbocycles. The summed E-state index contributed by atoms with van der Waals surface area (Å²) in [5.74, 6) is 0.726. The van der Waals surface area contributed by atoms with E-state index in [0.29, 0.717) is 41.0 Å². The van der Waals surface area contributed by atoms with Gasteiger partial charge in [0.2, 0.25) is 10.0 Å². The summed E-state index contributed by atoms with van der Waals surface area (Å²) in [4.78, 5) is 5.76. The molecule has 0 unspecified atom stereocenters. The molecule has 1 saturated heterocycles. The quantitative estimate of drug-likeness (QED) is 0.269. The predicted octanol–water partition coefficient (Wildman–Crippen LogP) is 6.32. The number of piperidine rings is 1. The molecule has 2 heterocycles. The van der Waals surface area contributed by atoms with E-state index in [1.165, 1.54) is 11.9 Å². The molecule has 1 aliphatic rings. The van der Waals surface area contributed by atoms with Gasteiger partial charge in [-0.25, -0.2) is 13.4 Å². The van der Waals surface area contributed by atoms with Crippen molar-refractivity contribution in [2.45, 2.75) is 42.0 Å². The maximum absolute atomic E-state index is 13.2. The molecule has 0 N–H and O–H groups in total. The van der Waals surface area contributed by atoms with Crippen molar-refractivity contribution in [3.8, 4) is 0 Å². The van der Waals surface area contributed by atoms with Crippen molar-refractivity contribution < 1.29 is 8.42 Å². The van der Waals surface area contributed by atoms with Crippen LogP contribution >= 0.6 is 35.1 Å². The van der Waals surface area contributed by atoms with Crippen molar-refractivity contribution in [2.24, 2.45) is 0 Å². The van der Waals surface area contributed by atoms with Gasteiger partial charge < -0.3 is 0 Å². The topological polar surface area (TPSA) is 53.5 Å². The van der Waals surface area contributed by atoms with Gasteiger partial charge in [-0.1, -0.05) is 60.5 Å². The number of hydrogen-bond donors (Lipinski definition) is 0. The van der Waals surface area contributed by atoms with Crippen molar-refractivity contribution in [2.75, 3.05) is 17.4 Å². The smallest absolute Gasteiger partial charge is 0.243 e. The third-order valence-corrected chi connectivity index (χ3v) is 9.48. The minimum atomic E-state index is -3.52. The summed E-state index contributed by atoms with van der Waals surface area (Å²) in [6.07, 6.45) is 2.21. The molecular formula is C24H25Cl2N3O2S2. The summed E-state index contributed by atoms with van der Waals surface area (Å²) >= 11 is 14.1. The van der Waals surface area contributed by atoms with Crippen LogP contribution in [-0.4, -0.2) is 36.8 Å². The van der Waals surface area contributed by atoms with E-state index < -0.39 is 10.0 Å². The fourth-order valence-corrected chi connectivity index (χ4v) is 6.75. The highest BCUT2D eigenvalue weighted by Gasteiger charge is 2.33. The minimum Gasteiger partial charge on any atom is -0.293 e. The Morgan fingerprint density at radius 2 is 1.70 bits per heavy atom. The molecule has 2 aromatic carbocycles. The van der Waals surface area contributed by atoms with Gasteiger partial charge in [0.25, 0.3) is 0 Å². The first-order chi connectivity index (χ1) is 15.9. The standard InChI is InChI=1S/C24H25Cl2N3O2S2/c1-2-18-10-12-20(13-11-18)33(30,31)28-16-14-19(15-17-28)29(24-9-5-8-23(26)27-24)32-22-7-4-3-6-21(22)25/h3-13,19H,2,14-17H2,1H3. The van der Waals surface area contributed by atoms with E-state index in [1.807, 2.05) is 48.5 Å². The molecule has 5 nitrogen and oxygen atoms in total. The van der Waals surface area contributed by atoms with E-state index in [9.17, 15) is 8.42 Å². The number of hydrogen-bond acceptors (Lipinski definition) is 5. The van der Waals surface area contributed by atoms with Crippen LogP contribution in [0.1, 0.15) is 25.3 Å². The molecule has 1 fully saturated rings. The van der Waals surface area contributed by atoms with Crippen LogP contribution in [0, 0.1) is 0 Å². The molecule has 4 rings (SSSR count). The largest absolute Gasteiger partial charge is 0.293 e. The fraction of sp³-hybridized carbons (Fsp3) is 0.292. The number of halogens is 2. The first-order valence-corrected chi connectivity index (χ1v) is 13.8. The van der Waals surface area contributed by atoms with Crippen LogP contribution < -0.4 is 4.31 Å². The summed E-state index contributed by atoms with van der Waals surface area (Å²) in [5, 5.41) is 1.07. The van der Waals surface area contributed by atoms with Crippen LogP contribution in [-0.2, 0) is 16.4 Å². The number of aryl methyl sites for hydroxylation is 1. The number of rotatable bonds is 7. The third kappa shape index (κ3) is 5.66. The summed E-state index contributed by atoms with van der Waals surface area (Å²) in [5.41, 5.74) is 1.12. The highest BCUT2D eigenvalue weighted by atomic mass is 35.5. The van der Waals surface area contributed by atoms with Gasteiger partial charge in [0, 0.05) is 24.0 Å². The molecule has 0 radical (unpaired) electrons. The number of sulfonamides is 1. The lowest BCUT2D eigenvalue weighted by Gasteiger charge is -2.37. The van der Waals surface area contributed by atoms with E-state index in [2.05, 4.69) is 16.2 Å². The van der Waals surface area contributed by atoms with Gasteiger partial charge in [-0.15, -0.1) is 0 Å². The molecule has 0 amide bonds. The Hall–Kier alpha value is -1.77. The van der Waals surface area contributed by atoms with Crippen molar-refractivity contribution in [3.05, 3.63) is 82.5 Å². The van der Waals surface area contributed by atoms with Gasteiger partial charge in [0.05, 0.1) is 9.92 Å². The molecule has 9 heteroatoms. The molecule has 0 saturated carbocycles. The van der Waals surface area contributed by atoms with Gasteiger partial charge in [0.1, 0.15) is 11.0 Å². The van der Waals surface area contributed by atoms with Crippen molar-refractivity contribution in [1.82, 2.24) is 9.29 Å². The van der Waals surface area contributed by atoms with Gasteiger partial charge in [-0.3, -0.25) is 4.31 Å². The summed E-state index contributed by atoms with van der Waals surface area (Å²) in [6.45, 7) is 2.92. The van der Waals surface area contributed by atoms with Crippen LogP contribution in [0.5, 0.6) is 0 Å². The Morgan fingerprint density at radius 3 is 2.33 bits per heavy atom. The van der Waals surface area contributed by atoms with Gasteiger partial charge in [-0.2, -0.15) is 4.31 Å². The summed E-state index contributed by atoms with van der Waals surface area (Å²) < 4.78 is 30.0. The van der Waals surface area contributed by atoms with Crippen LogP contribution in [0.2, 0.25) is 10.2 Å². The van der Waals surface area contributed by atoms with Gasteiger partial charge in [0.15, 0.2) is 0 Å². The van der Waals surface area contributed by atoms with Crippen LogP contribution in [0.15, 0.2) is 76.5 Å². The zero-order valence-corrected chi connectivity index (χ0v) is 21.3. The average molecular weight is 523 g/mol. The monoisotopic (exact) mass is 521 g/mol. The molecule has 174 valence electrons. The fourth-order valence-electron chi connectivity index (χ4n) is 3.82. The van der Waals surface area contributed by atoms with Crippen molar-refractivity contribution in [3.63, 3.8) is 0 Å². The van der Waals surface area contributed by atoms with Crippen molar-refractivity contribution in [1.29, 1.82) is 0 Å². The Kier molecular flexibility index (Phi) is 7.87. The van der Waals surface area contributed by atoms with E-state index in [1.54, 1.807) is 22.5 Å². The summed E-state index contributed by atoms with van der Waals surface area (Å²) in [6, 6.07) is 20.4. The SMILES string of the molecule is CCc1ccc(S(=O)(=O)N2CCC(N(Sc3ccccc3Cl)c3cccc(Cl)n3)CC2)cc1. The molecule has 1 aliphatic heterocycles. The van der Waals surface area contributed by atoms with Crippen LogP contribution in [0.4, 0.5) is 5.82 Å². The molecule has 0 atom stereocenters.